The van der Waals surface area contributed by atoms with E-state index in [0.717, 1.165) is 12.1 Å². The van der Waals surface area contributed by atoms with Crippen LogP contribution < -0.4 is 4.74 Å². The van der Waals surface area contributed by atoms with Gasteiger partial charge in [-0.15, -0.1) is 43.0 Å². The van der Waals surface area contributed by atoms with Gasteiger partial charge in [0.2, 0.25) is 0 Å². The molecule has 1 nitrogen and oxygen atoms in total. The molecule has 0 aliphatic rings. The standard InChI is InChI=1S/C7H3ClF3O.BrH.Zn/c8-5-1-3-6(4-2-5)12-7(9,10)11;;/h1,3-4H;1H;/q-1;;+2/p-1. The Morgan fingerprint density at radius 1 is 1.36 bits per heavy atom. The minimum absolute atomic E-state index is 0.240. The van der Waals surface area contributed by atoms with Gasteiger partial charge in [0.15, 0.2) is 0 Å². The van der Waals surface area contributed by atoms with E-state index in [1.807, 2.05) is 0 Å². The minimum atomic E-state index is -4.67. The van der Waals surface area contributed by atoms with Gasteiger partial charge in [0.05, 0.1) is 0 Å². The predicted molar refractivity (Wildman–Crippen MR) is 45.9 cm³/mol. The van der Waals surface area contributed by atoms with Gasteiger partial charge in [-0.25, -0.2) is 0 Å². The van der Waals surface area contributed by atoms with Crippen LogP contribution in [0.2, 0.25) is 5.02 Å². The number of rotatable bonds is 1. The molecule has 0 aromatic heterocycles. The molecule has 0 fully saturated rings. The van der Waals surface area contributed by atoms with E-state index < -0.39 is 6.36 Å². The van der Waals surface area contributed by atoms with Gasteiger partial charge in [0.25, 0.3) is 0 Å². The fourth-order valence-corrected chi connectivity index (χ4v) is 0.706. The van der Waals surface area contributed by atoms with Gasteiger partial charge in [0, 0.05) is 5.75 Å². The SMILES string of the molecule is FC(F)(F)Oc1c[c-]c(Cl)cc1.[Zn+][Br]. The number of alkyl halides is 3. The molecule has 0 bridgehead atoms. The third-order valence-electron chi connectivity index (χ3n) is 0.980. The van der Waals surface area contributed by atoms with E-state index in [1.165, 1.54) is 22.4 Å². The van der Waals surface area contributed by atoms with Crippen molar-refractivity contribution >= 4 is 25.2 Å². The number of benzene rings is 1. The normalized spacial score (nSPS) is 10.2. The molecule has 7 heteroatoms. The average Bonchev–Trinajstić information content (AvgIpc) is 2.10. The monoisotopic (exact) mass is 338 g/mol. The molecular weight excluding hydrogens is 338 g/mol. The van der Waals surface area contributed by atoms with Crippen molar-refractivity contribution in [3.05, 3.63) is 29.3 Å². The van der Waals surface area contributed by atoms with Crippen LogP contribution >= 0.6 is 25.2 Å². The van der Waals surface area contributed by atoms with E-state index in [4.69, 9.17) is 11.6 Å². The third-order valence-corrected chi connectivity index (χ3v) is 1.21. The molecule has 14 heavy (non-hydrogen) atoms. The molecule has 0 amide bonds. The van der Waals surface area contributed by atoms with E-state index in [1.54, 1.807) is 0 Å². The second-order valence-corrected chi connectivity index (χ2v) is 2.33. The zero-order valence-electron chi connectivity index (χ0n) is 6.74. The Hall–Kier alpha value is 0.203. The molecule has 0 saturated heterocycles. The molecule has 74 valence electrons. The summed E-state index contributed by atoms with van der Waals surface area (Å²) < 4.78 is 38.3. The molecule has 0 spiro atoms. The molecule has 1 aromatic carbocycles. The molecule has 1 rings (SSSR count). The molecule has 1 aromatic rings. The summed E-state index contributed by atoms with van der Waals surface area (Å²) in [6.07, 6.45) is -4.67. The van der Waals surface area contributed by atoms with Crippen molar-refractivity contribution in [1.29, 1.82) is 0 Å². The zero-order chi connectivity index (χ0) is 11.2. The van der Waals surface area contributed by atoms with Gasteiger partial charge in [-0.2, -0.15) is 6.07 Å². The summed E-state index contributed by atoms with van der Waals surface area (Å²) in [4.78, 5) is 0. The fraction of sp³-hybridized carbons (Fsp3) is 0.143. The van der Waals surface area contributed by atoms with Crippen LogP contribution in [-0.2, 0) is 16.3 Å². The first-order chi connectivity index (χ1) is 6.47. The van der Waals surface area contributed by atoms with E-state index >= 15 is 0 Å². The Bertz CT molecular complexity index is 265. The molecule has 0 radical (unpaired) electrons. The van der Waals surface area contributed by atoms with E-state index in [9.17, 15) is 13.2 Å². The molecule has 0 saturated carbocycles. The Labute approximate surface area is 101 Å². The first-order valence-corrected chi connectivity index (χ1v) is 10.5. The van der Waals surface area contributed by atoms with Crippen molar-refractivity contribution in [1.82, 2.24) is 0 Å². The van der Waals surface area contributed by atoms with Crippen molar-refractivity contribution in [3.63, 3.8) is 0 Å². The summed E-state index contributed by atoms with van der Waals surface area (Å²) in [6, 6.07) is 5.77. The van der Waals surface area contributed by atoms with Crippen LogP contribution in [0, 0.1) is 6.07 Å². The van der Waals surface area contributed by atoms with Crippen LogP contribution in [0.4, 0.5) is 13.2 Å². The molecule has 0 aliphatic carbocycles. The van der Waals surface area contributed by atoms with Gasteiger partial charge in [-0.1, -0.05) is 5.02 Å². The Morgan fingerprint density at radius 2 is 1.93 bits per heavy atom. The summed E-state index contributed by atoms with van der Waals surface area (Å²) >= 11 is 9.64. The van der Waals surface area contributed by atoms with Crippen LogP contribution in [0.15, 0.2) is 18.2 Å². The Kier molecular flexibility index (Phi) is 6.74. The number of halogens is 5. The summed E-state index contributed by atoms with van der Waals surface area (Å²) in [5.41, 5.74) is 0. The van der Waals surface area contributed by atoms with E-state index in [-0.39, 0.29) is 10.8 Å². The second kappa shape index (κ2) is 6.64. The molecular formula is C7H3BrClF3OZn. The van der Waals surface area contributed by atoms with E-state index in [0.29, 0.717) is 0 Å². The summed E-state index contributed by atoms with van der Waals surface area (Å²) in [6.45, 7) is 0. The summed E-state index contributed by atoms with van der Waals surface area (Å²) in [5.74, 6) is -0.327. The van der Waals surface area contributed by atoms with Gasteiger partial charge in [-0.3, -0.25) is 0 Å². The van der Waals surface area contributed by atoms with Gasteiger partial charge < -0.3 is 4.74 Å². The quantitative estimate of drug-likeness (QED) is 0.557. The van der Waals surface area contributed by atoms with Crippen LogP contribution in [0.1, 0.15) is 0 Å². The van der Waals surface area contributed by atoms with Gasteiger partial charge in [0.1, 0.15) is 0 Å². The van der Waals surface area contributed by atoms with Crippen LogP contribution in [0.3, 0.4) is 0 Å². The van der Waals surface area contributed by atoms with Crippen molar-refractivity contribution in [2.75, 3.05) is 0 Å². The summed E-state index contributed by atoms with van der Waals surface area (Å²) in [5, 5.41) is 0.240. The number of hydrogen-bond donors (Lipinski definition) is 0. The molecule has 0 N–H and O–H groups in total. The molecule has 0 unspecified atom stereocenters. The first-order valence-electron chi connectivity index (χ1n) is 3.17. The third kappa shape index (κ3) is 6.63. The van der Waals surface area contributed by atoms with Crippen LogP contribution in [0.25, 0.3) is 0 Å². The first kappa shape index (κ1) is 14.2. The maximum atomic E-state index is 11.6. The second-order valence-electron chi connectivity index (χ2n) is 1.92. The molecule has 0 atom stereocenters. The van der Waals surface area contributed by atoms with Gasteiger partial charge >= 0.3 is 36.3 Å². The average molecular weight is 341 g/mol. The van der Waals surface area contributed by atoms with E-state index in [2.05, 4.69) is 24.4 Å². The topological polar surface area (TPSA) is 9.23 Å². The van der Waals surface area contributed by atoms with Crippen molar-refractivity contribution in [3.8, 4) is 5.75 Å². The van der Waals surface area contributed by atoms with Crippen molar-refractivity contribution in [2.24, 2.45) is 0 Å². The fourth-order valence-electron chi connectivity index (χ4n) is 0.589. The molecule has 0 heterocycles. The summed E-state index contributed by atoms with van der Waals surface area (Å²) in [7, 11) is 0. The number of ether oxygens (including phenoxy) is 1. The van der Waals surface area contributed by atoms with Crippen LogP contribution in [0.5, 0.6) is 5.75 Å². The Balaban J connectivity index is 0.000000791. The van der Waals surface area contributed by atoms with Crippen LogP contribution in [-0.4, -0.2) is 6.36 Å². The van der Waals surface area contributed by atoms with Crippen molar-refractivity contribution < 1.29 is 34.3 Å². The maximum absolute atomic E-state index is 11.6. The van der Waals surface area contributed by atoms with Gasteiger partial charge in [-0.05, 0) is 0 Å². The molecule has 0 aliphatic heterocycles. The Morgan fingerprint density at radius 3 is 2.29 bits per heavy atom. The number of hydrogen-bond acceptors (Lipinski definition) is 1. The zero-order valence-corrected chi connectivity index (χ0v) is 12.0. The van der Waals surface area contributed by atoms with Crippen molar-refractivity contribution in [2.45, 2.75) is 6.36 Å². The predicted octanol–water partition coefficient (Wildman–Crippen LogP) is 3.88.